The first-order valence-corrected chi connectivity index (χ1v) is 17.6. The number of hydrogen-bond donors (Lipinski definition) is 5. The van der Waals surface area contributed by atoms with Crippen molar-refractivity contribution in [3.63, 3.8) is 0 Å². The number of nitrogens with zero attached hydrogens (tertiary/aromatic N) is 1. The van der Waals surface area contributed by atoms with Crippen LogP contribution in [0.15, 0.2) is 43.0 Å². The van der Waals surface area contributed by atoms with E-state index < -0.39 is 59.6 Å². The molecule has 0 radical (unpaired) electrons. The Labute approximate surface area is 294 Å². The van der Waals surface area contributed by atoms with E-state index in [4.69, 9.17) is 9.47 Å². The smallest absolute Gasteiger partial charge is 0.408 e. The maximum Gasteiger partial charge on any atom is 0.408 e. The number of carbonyl (C=O) groups excluding carboxylic acids is 4. The fourth-order valence-electron chi connectivity index (χ4n) is 6.17. The molecule has 1 heterocycles. The second-order valence-electron chi connectivity index (χ2n) is 14.1. The summed E-state index contributed by atoms with van der Waals surface area (Å²) in [4.78, 5) is 54.7. The lowest BCUT2D eigenvalue weighted by Gasteiger charge is -2.34. The number of carbonyl (C=O) groups is 4. The number of ether oxygens (including phenoxy) is 2. The molecule has 1 aliphatic heterocycles. The first kappa shape index (κ1) is 40.8. The summed E-state index contributed by atoms with van der Waals surface area (Å²) in [6, 6.07) is 5.00. The highest BCUT2D eigenvalue weighted by atomic mass is 19.3. The van der Waals surface area contributed by atoms with Crippen LogP contribution in [0.5, 0.6) is 0 Å². The van der Waals surface area contributed by atoms with Gasteiger partial charge in [-0.2, -0.15) is 8.78 Å². The molecule has 12 nitrogen and oxygen atoms in total. The lowest BCUT2D eigenvalue weighted by Crippen LogP contribution is -2.61. The van der Waals surface area contributed by atoms with Gasteiger partial charge >= 0.3 is 12.0 Å². The highest BCUT2D eigenvalue weighted by molar-refractivity contribution is 5.92. The van der Waals surface area contributed by atoms with Crippen LogP contribution in [0.2, 0.25) is 0 Å². The third kappa shape index (κ3) is 13.6. The zero-order valence-electron chi connectivity index (χ0n) is 29.6. The Kier molecular flexibility index (Phi) is 16.1. The van der Waals surface area contributed by atoms with Gasteiger partial charge in [-0.3, -0.25) is 19.3 Å². The molecule has 14 heteroatoms. The number of nitrogens with one attached hydrogen (secondary N) is 4. The maximum atomic E-state index is 15.6. The van der Waals surface area contributed by atoms with Crippen molar-refractivity contribution >= 4 is 23.8 Å². The van der Waals surface area contributed by atoms with E-state index in [0.717, 1.165) is 37.7 Å². The molecule has 4 amide bonds. The number of alkyl carbamates (subject to hydrolysis) is 1. The van der Waals surface area contributed by atoms with Crippen molar-refractivity contribution in [2.75, 3.05) is 39.4 Å². The predicted molar refractivity (Wildman–Crippen MR) is 184 cm³/mol. The van der Waals surface area contributed by atoms with Crippen LogP contribution < -0.4 is 21.3 Å². The van der Waals surface area contributed by atoms with E-state index >= 15 is 8.78 Å². The van der Waals surface area contributed by atoms with Crippen LogP contribution >= 0.6 is 0 Å². The molecule has 5 N–H and O–H groups in total. The van der Waals surface area contributed by atoms with Gasteiger partial charge in [0, 0.05) is 32.6 Å². The van der Waals surface area contributed by atoms with Crippen LogP contribution in [0.1, 0.15) is 71.3 Å². The number of hydrogen-bond acceptors (Lipinski definition) is 8. The Morgan fingerprint density at radius 1 is 1.00 bits per heavy atom. The van der Waals surface area contributed by atoms with E-state index in [2.05, 4.69) is 27.8 Å². The minimum atomic E-state index is -4.22. The van der Waals surface area contributed by atoms with Gasteiger partial charge in [0.2, 0.25) is 11.8 Å². The van der Waals surface area contributed by atoms with Crippen molar-refractivity contribution in [2.24, 2.45) is 5.92 Å². The fraction of sp³-hybridized carbons (Fsp3) is 0.667. The number of alkyl halides is 2. The lowest BCUT2D eigenvalue weighted by molar-refractivity contribution is -0.168. The largest absolute Gasteiger partial charge is 0.444 e. The molecule has 2 aliphatic rings. The Morgan fingerprint density at radius 2 is 1.64 bits per heavy atom. The molecule has 1 aromatic rings. The number of aliphatic hydroxyl groups excluding tert-OH is 1. The van der Waals surface area contributed by atoms with Crippen LogP contribution in [0.25, 0.3) is 0 Å². The standard InChI is InChI=1S/C36H55F2N5O7/c1-5-12-27(40-32(46)29(24-26-15-10-7-11-16-26)42-34(48)50-35(2,3)4)31(45)41-28(23-25-13-8-6-9-14-25)30(44)36(37,38)33(47)39-17-18-43-19-21-49-22-20-43/h5,7,10-11,15-16,25,27-30,44H,1,6,8-9,12-14,17-24H2,2-4H3,(H,39,47)(H,40,46)(H,41,45)(H,42,48)/t27-,28-,29?,30?/m0/s1. The van der Waals surface area contributed by atoms with Crippen molar-refractivity contribution in [1.29, 1.82) is 0 Å². The van der Waals surface area contributed by atoms with Gasteiger partial charge in [0.1, 0.15) is 23.8 Å². The normalized spacial score (nSPS) is 18.5. The summed E-state index contributed by atoms with van der Waals surface area (Å²) in [5.74, 6) is -7.44. The zero-order valence-corrected chi connectivity index (χ0v) is 29.6. The van der Waals surface area contributed by atoms with Crippen molar-refractivity contribution in [1.82, 2.24) is 26.2 Å². The van der Waals surface area contributed by atoms with Crippen molar-refractivity contribution < 1.29 is 42.5 Å². The Morgan fingerprint density at radius 3 is 2.26 bits per heavy atom. The van der Waals surface area contributed by atoms with Crippen molar-refractivity contribution in [3.05, 3.63) is 48.6 Å². The summed E-state index contributed by atoms with van der Waals surface area (Å²) >= 11 is 0. The summed E-state index contributed by atoms with van der Waals surface area (Å²) in [6.07, 6.45) is 2.31. The van der Waals surface area contributed by atoms with Gasteiger partial charge in [-0.15, -0.1) is 6.58 Å². The van der Waals surface area contributed by atoms with E-state index in [9.17, 15) is 24.3 Å². The van der Waals surface area contributed by atoms with Crippen LogP contribution in [0.3, 0.4) is 0 Å². The molecule has 0 aromatic heterocycles. The summed E-state index contributed by atoms with van der Waals surface area (Å²) < 4.78 is 41.7. The molecule has 2 fully saturated rings. The van der Waals surface area contributed by atoms with Gasteiger partial charge in [-0.05, 0) is 45.1 Å². The van der Waals surface area contributed by atoms with Gasteiger partial charge in [0.25, 0.3) is 5.91 Å². The van der Waals surface area contributed by atoms with E-state index in [1.165, 1.54) is 6.08 Å². The number of benzene rings is 1. The molecule has 0 spiro atoms. The van der Waals surface area contributed by atoms with Crippen LogP contribution in [-0.4, -0.2) is 109 Å². The van der Waals surface area contributed by atoms with Gasteiger partial charge in [0.15, 0.2) is 0 Å². The van der Waals surface area contributed by atoms with Crippen LogP contribution in [-0.2, 0) is 30.3 Å². The number of halogens is 2. The zero-order chi connectivity index (χ0) is 36.7. The molecule has 2 unspecified atom stereocenters. The molecule has 1 saturated carbocycles. The molecule has 50 heavy (non-hydrogen) atoms. The molecule has 1 aliphatic carbocycles. The molecular weight excluding hydrogens is 652 g/mol. The summed E-state index contributed by atoms with van der Waals surface area (Å²) in [7, 11) is 0. The molecule has 4 atom stereocenters. The highest BCUT2D eigenvalue weighted by Crippen LogP contribution is 2.31. The molecule has 1 aromatic carbocycles. The number of amides is 4. The number of morpholine rings is 1. The van der Waals surface area contributed by atoms with Crippen molar-refractivity contribution in [3.8, 4) is 0 Å². The fourth-order valence-corrected chi connectivity index (χ4v) is 6.17. The molecule has 280 valence electrons. The third-order valence-corrected chi connectivity index (χ3v) is 8.84. The van der Waals surface area contributed by atoms with Crippen LogP contribution in [0.4, 0.5) is 13.6 Å². The van der Waals surface area contributed by atoms with Gasteiger partial charge in [-0.25, -0.2) is 4.79 Å². The van der Waals surface area contributed by atoms with Crippen LogP contribution in [0, 0.1) is 5.92 Å². The summed E-state index contributed by atoms with van der Waals surface area (Å²) in [6.45, 7) is 11.3. The number of rotatable bonds is 17. The molecular formula is C36H55F2N5O7. The molecule has 3 rings (SSSR count). The van der Waals surface area contributed by atoms with E-state index in [1.54, 1.807) is 51.1 Å². The predicted octanol–water partition coefficient (Wildman–Crippen LogP) is 3.08. The Hall–Kier alpha value is -3.62. The van der Waals surface area contributed by atoms with E-state index in [-0.39, 0.29) is 31.7 Å². The molecule has 0 bridgehead atoms. The SMILES string of the molecule is C=CC[C@H](NC(=O)C(Cc1ccccc1)NC(=O)OC(C)(C)C)C(=O)N[C@@H](CC1CCCCC1)C(O)C(F)(F)C(=O)NCCN1CCOCC1. The van der Waals surface area contributed by atoms with Gasteiger partial charge in [0.05, 0.1) is 19.3 Å². The third-order valence-electron chi connectivity index (χ3n) is 8.84. The minimum Gasteiger partial charge on any atom is -0.444 e. The maximum absolute atomic E-state index is 15.6. The average molecular weight is 708 g/mol. The van der Waals surface area contributed by atoms with Crippen molar-refractivity contribution in [2.45, 2.75) is 108 Å². The first-order chi connectivity index (χ1) is 23.7. The first-order valence-electron chi connectivity index (χ1n) is 17.6. The molecule has 1 saturated heterocycles. The second kappa shape index (κ2) is 19.7. The Balaban J connectivity index is 1.75. The minimum absolute atomic E-state index is 0.0230. The lowest BCUT2D eigenvalue weighted by atomic mass is 9.82. The topological polar surface area (TPSA) is 158 Å². The van der Waals surface area contributed by atoms with E-state index in [1.807, 2.05) is 4.90 Å². The average Bonchev–Trinajstić information content (AvgIpc) is 3.07. The van der Waals surface area contributed by atoms with Gasteiger partial charge in [-0.1, -0.05) is 68.5 Å². The Bertz CT molecular complexity index is 1250. The number of aliphatic hydroxyl groups is 1. The summed E-state index contributed by atoms with van der Waals surface area (Å²) in [5, 5.41) is 21.0. The van der Waals surface area contributed by atoms with E-state index in [0.29, 0.717) is 32.8 Å². The quantitative estimate of drug-likeness (QED) is 0.155. The second-order valence-corrected chi connectivity index (χ2v) is 14.1. The monoisotopic (exact) mass is 707 g/mol. The highest BCUT2D eigenvalue weighted by Gasteiger charge is 2.51. The summed E-state index contributed by atoms with van der Waals surface area (Å²) in [5.41, 5.74) is -0.103. The van der Waals surface area contributed by atoms with Gasteiger partial charge < -0.3 is 35.8 Å².